The highest BCUT2D eigenvalue weighted by Crippen LogP contribution is 2.23. The summed E-state index contributed by atoms with van der Waals surface area (Å²) < 4.78 is 1.91. The topological polar surface area (TPSA) is 57.8 Å². The summed E-state index contributed by atoms with van der Waals surface area (Å²) in [7, 11) is 0. The lowest BCUT2D eigenvalue weighted by Crippen LogP contribution is -2.14. The van der Waals surface area contributed by atoms with Gasteiger partial charge in [-0.3, -0.25) is 4.79 Å². The van der Waals surface area contributed by atoms with E-state index in [2.05, 4.69) is 5.32 Å². The second-order valence-electron chi connectivity index (χ2n) is 6.74. The number of nitriles is 1. The molecule has 6 heteroatoms. The van der Waals surface area contributed by atoms with Gasteiger partial charge in [-0.05, 0) is 66.9 Å². The predicted molar refractivity (Wildman–Crippen MR) is 118 cm³/mol. The number of benzene rings is 2. The van der Waals surface area contributed by atoms with E-state index in [0.29, 0.717) is 22.3 Å². The van der Waals surface area contributed by atoms with Crippen LogP contribution < -0.4 is 5.32 Å². The van der Waals surface area contributed by atoms with Crippen LogP contribution in [0.4, 0.5) is 5.69 Å². The van der Waals surface area contributed by atoms with E-state index in [1.165, 1.54) is 0 Å². The normalized spacial score (nSPS) is 11.2. The molecule has 0 aliphatic rings. The molecule has 1 heterocycles. The van der Waals surface area contributed by atoms with E-state index in [-0.39, 0.29) is 5.57 Å². The molecule has 4 nitrogen and oxygen atoms in total. The summed E-state index contributed by atoms with van der Waals surface area (Å²) in [5.41, 5.74) is 4.29. The number of hydrogen-bond acceptors (Lipinski definition) is 2. The van der Waals surface area contributed by atoms with Crippen LogP contribution in [-0.4, -0.2) is 10.5 Å². The highest BCUT2D eigenvalue weighted by molar-refractivity contribution is 6.35. The Morgan fingerprint density at radius 2 is 1.97 bits per heavy atom. The van der Waals surface area contributed by atoms with Gasteiger partial charge in [0.2, 0.25) is 0 Å². The molecule has 0 fully saturated rings. The summed E-state index contributed by atoms with van der Waals surface area (Å²) in [6, 6.07) is 16.8. The molecule has 0 unspecified atom stereocenters. The van der Waals surface area contributed by atoms with E-state index in [1.54, 1.807) is 18.2 Å². The summed E-state index contributed by atoms with van der Waals surface area (Å²) in [6.45, 7) is 4.35. The molecule has 1 aromatic heterocycles. The van der Waals surface area contributed by atoms with Crippen molar-refractivity contribution in [3.05, 3.63) is 92.7 Å². The molecule has 0 saturated carbocycles. The van der Waals surface area contributed by atoms with Crippen molar-refractivity contribution in [2.75, 3.05) is 5.32 Å². The number of nitrogens with one attached hydrogen (secondary N) is 1. The van der Waals surface area contributed by atoms with Crippen molar-refractivity contribution in [2.45, 2.75) is 20.4 Å². The standard InChI is InChI=1S/C23H19Cl2N3O/c1-15-5-6-16(2)22(10-15)27-23(29)18(13-26)11-20-4-3-9-28(20)14-17-7-8-19(24)12-21(17)25/h3-12H,14H2,1-2H3,(H,27,29). The van der Waals surface area contributed by atoms with Gasteiger partial charge in [-0.25, -0.2) is 0 Å². The molecule has 3 rings (SSSR count). The molecule has 0 atom stereocenters. The van der Waals surface area contributed by atoms with E-state index in [0.717, 1.165) is 22.4 Å². The molecule has 0 spiro atoms. The lowest BCUT2D eigenvalue weighted by atomic mass is 10.1. The van der Waals surface area contributed by atoms with Crippen molar-refractivity contribution in [3.63, 3.8) is 0 Å². The van der Waals surface area contributed by atoms with Crippen LogP contribution in [0.15, 0.2) is 60.3 Å². The summed E-state index contributed by atoms with van der Waals surface area (Å²) in [6.07, 6.45) is 3.44. The van der Waals surface area contributed by atoms with E-state index >= 15 is 0 Å². The number of carbonyl (C=O) groups is 1. The fourth-order valence-corrected chi connectivity index (χ4v) is 3.36. The molecule has 146 valence electrons. The van der Waals surface area contributed by atoms with Gasteiger partial charge in [-0.1, -0.05) is 41.4 Å². The van der Waals surface area contributed by atoms with Crippen molar-refractivity contribution >= 4 is 40.9 Å². The summed E-state index contributed by atoms with van der Waals surface area (Å²) in [5.74, 6) is -0.446. The number of aromatic nitrogens is 1. The molecular formula is C23H19Cl2N3O. The zero-order valence-electron chi connectivity index (χ0n) is 16.0. The Bertz CT molecular complexity index is 1140. The highest BCUT2D eigenvalue weighted by Gasteiger charge is 2.13. The minimum atomic E-state index is -0.446. The van der Waals surface area contributed by atoms with Gasteiger partial charge in [0.05, 0.1) is 0 Å². The van der Waals surface area contributed by atoms with Crippen LogP contribution in [-0.2, 0) is 11.3 Å². The summed E-state index contributed by atoms with van der Waals surface area (Å²) in [4.78, 5) is 12.6. The Hall–Kier alpha value is -3.00. The van der Waals surface area contributed by atoms with Crippen LogP contribution in [0.3, 0.4) is 0 Å². The van der Waals surface area contributed by atoms with Crippen molar-refractivity contribution in [1.82, 2.24) is 4.57 Å². The van der Waals surface area contributed by atoms with E-state index in [9.17, 15) is 10.1 Å². The van der Waals surface area contributed by atoms with Crippen LogP contribution in [0, 0.1) is 25.2 Å². The minimum absolute atomic E-state index is 0.0214. The molecule has 0 aliphatic carbocycles. The molecule has 0 radical (unpaired) electrons. The maximum absolute atomic E-state index is 12.6. The van der Waals surface area contributed by atoms with Gasteiger partial charge in [0.15, 0.2) is 0 Å². The number of rotatable bonds is 5. The van der Waals surface area contributed by atoms with Crippen molar-refractivity contribution in [2.24, 2.45) is 0 Å². The van der Waals surface area contributed by atoms with Crippen LogP contribution in [0.1, 0.15) is 22.4 Å². The van der Waals surface area contributed by atoms with Gasteiger partial charge in [-0.15, -0.1) is 0 Å². The van der Waals surface area contributed by atoms with Gasteiger partial charge in [-0.2, -0.15) is 5.26 Å². The van der Waals surface area contributed by atoms with E-state index in [4.69, 9.17) is 23.2 Å². The minimum Gasteiger partial charge on any atom is -0.343 e. The second kappa shape index (κ2) is 9.00. The predicted octanol–water partition coefficient (Wildman–Crippen LogP) is 6.01. The fraction of sp³-hybridized carbons (Fsp3) is 0.130. The van der Waals surface area contributed by atoms with Gasteiger partial charge in [0.1, 0.15) is 11.6 Å². The van der Waals surface area contributed by atoms with Crippen molar-refractivity contribution in [3.8, 4) is 6.07 Å². The molecule has 1 N–H and O–H groups in total. The monoisotopic (exact) mass is 423 g/mol. The zero-order valence-corrected chi connectivity index (χ0v) is 17.6. The average Bonchev–Trinajstić information content (AvgIpc) is 3.11. The molecule has 0 bridgehead atoms. The van der Waals surface area contributed by atoms with Crippen LogP contribution >= 0.6 is 23.2 Å². The van der Waals surface area contributed by atoms with Gasteiger partial charge in [0, 0.05) is 34.2 Å². The SMILES string of the molecule is Cc1ccc(C)c(NC(=O)C(C#N)=Cc2cccn2Cc2ccc(Cl)cc2Cl)c1. The number of halogens is 2. The number of hydrogen-bond donors (Lipinski definition) is 1. The maximum Gasteiger partial charge on any atom is 0.266 e. The Balaban J connectivity index is 1.85. The molecule has 2 aromatic carbocycles. The zero-order chi connectivity index (χ0) is 21.0. The first-order chi connectivity index (χ1) is 13.9. The number of anilines is 1. The summed E-state index contributed by atoms with van der Waals surface area (Å²) in [5, 5.41) is 13.5. The Morgan fingerprint density at radius 1 is 1.17 bits per heavy atom. The number of carbonyl (C=O) groups excluding carboxylic acids is 1. The first-order valence-electron chi connectivity index (χ1n) is 8.97. The van der Waals surface area contributed by atoms with Gasteiger partial charge < -0.3 is 9.88 Å². The third-order valence-corrected chi connectivity index (χ3v) is 5.11. The molecule has 29 heavy (non-hydrogen) atoms. The molecule has 0 saturated heterocycles. The lowest BCUT2D eigenvalue weighted by Gasteiger charge is -2.10. The molecule has 3 aromatic rings. The molecule has 0 aliphatic heterocycles. The summed E-state index contributed by atoms with van der Waals surface area (Å²) >= 11 is 12.2. The third kappa shape index (κ3) is 5.08. The highest BCUT2D eigenvalue weighted by atomic mass is 35.5. The first kappa shape index (κ1) is 20.7. The maximum atomic E-state index is 12.6. The number of nitrogens with zero attached hydrogens (tertiary/aromatic N) is 2. The quantitative estimate of drug-likeness (QED) is 0.403. The van der Waals surface area contributed by atoms with Gasteiger partial charge >= 0.3 is 0 Å². The third-order valence-electron chi connectivity index (χ3n) is 4.52. The average molecular weight is 424 g/mol. The second-order valence-corrected chi connectivity index (χ2v) is 7.58. The fourth-order valence-electron chi connectivity index (χ4n) is 2.89. The van der Waals surface area contributed by atoms with Crippen molar-refractivity contribution < 1.29 is 4.79 Å². The first-order valence-corrected chi connectivity index (χ1v) is 9.72. The largest absolute Gasteiger partial charge is 0.343 e. The Labute approximate surface area is 180 Å². The van der Waals surface area contributed by atoms with E-state index < -0.39 is 5.91 Å². The molecular weight excluding hydrogens is 405 g/mol. The lowest BCUT2D eigenvalue weighted by molar-refractivity contribution is -0.112. The van der Waals surface area contributed by atoms with Gasteiger partial charge in [0.25, 0.3) is 5.91 Å². The van der Waals surface area contributed by atoms with Crippen LogP contribution in [0.25, 0.3) is 6.08 Å². The van der Waals surface area contributed by atoms with Crippen LogP contribution in [0.5, 0.6) is 0 Å². The van der Waals surface area contributed by atoms with Crippen molar-refractivity contribution in [1.29, 1.82) is 5.26 Å². The van der Waals surface area contributed by atoms with Crippen LogP contribution in [0.2, 0.25) is 10.0 Å². The Morgan fingerprint density at radius 3 is 2.69 bits per heavy atom. The Kier molecular flexibility index (Phi) is 6.43. The number of amides is 1. The van der Waals surface area contributed by atoms with E-state index in [1.807, 2.05) is 67.1 Å². The smallest absolute Gasteiger partial charge is 0.266 e. The molecule has 1 amide bonds. The number of aryl methyl sites for hydroxylation is 2.